The second-order valence-electron chi connectivity index (χ2n) is 8.50. The minimum atomic E-state index is -1.17. The first-order valence-corrected chi connectivity index (χ1v) is 10.9. The molecule has 0 saturated heterocycles. The topological polar surface area (TPSA) is 208 Å². The second-order valence-corrected chi connectivity index (χ2v) is 8.50. The van der Waals surface area contributed by atoms with Crippen LogP contribution in [-0.4, -0.2) is 72.9 Å². The summed E-state index contributed by atoms with van der Waals surface area (Å²) in [6.07, 6.45) is 6.20. The van der Waals surface area contributed by atoms with Crippen molar-refractivity contribution in [3.05, 3.63) is 36.4 Å². The van der Waals surface area contributed by atoms with Crippen LogP contribution in [0, 0.1) is 5.92 Å². The third-order valence-corrected chi connectivity index (χ3v) is 4.96. The minimum Gasteiger partial charge on any atom is -0.480 e. The molecule has 0 fully saturated rings. The summed E-state index contributed by atoms with van der Waals surface area (Å²) in [7, 11) is 0. The van der Waals surface area contributed by atoms with E-state index >= 15 is 0 Å². The summed E-state index contributed by atoms with van der Waals surface area (Å²) in [5.41, 5.74) is 6.77. The first-order valence-electron chi connectivity index (χ1n) is 10.9. The number of aromatic amines is 2. The first-order chi connectivity index (χ1) is 16.1. The zero-order chi connectivity index (χ0) is 25.3. The lowest BCUT2D eigenvalue weighted by Gasteiger charge is -2.25. The van der Waals surface area contributed by atoms with Gasteiger partial charge in [0.15, 0.2) is 0 Å². The van der Waals surface area contributed by atoms with E-state index in [9.17, 15) is 24.3 Å². The molecule has 13 nitrogen and oxygen atoms in total. The van der Waals surface area contributed by atoms with Crippen LogP contribution in [0.1, 0.15) is 38.6 Å². The van der Waals surface area contributed by atoms with Crippen molar-refractivity contribution >= 4 is 23.7 Å². The number of aromatic nitrogens is 4. The molecule has 0 radical (unpaired) electrons. The van der Waals surface area contributed by atoms with Crippen molar-refractivity contribution in [2.45, 2.75) is 64.2 Å². The Hall–Kier alpha value is -3.74. The molecular weight excluding hydrogens is 444 g/mol. The zero-order valence-electron chi connectivity index (χ0n) is 19.4. The van der Waals surface area contributed by atoms with Crippen molar-refractivity contribution in [3.63, 3.8) is 0 Å². The number of aliphatic carboxylic acids is 1. The molecule has 34 heavy (non-hydrogen) atoms. The third kappa shape index (κ3) is 8.31. The lowest BCUT2D eigenvalue weighted by molar-refractivity contribution is -0.142. The molecule has 3 amide bonds. The molecular formula is C21H32N8O5. The quantitative estimate of drug-likeness (QED) is 0.187. The summed E-state index contributed by atoms with van der Waals surface area (Å²) in [6, 6.07) is -4.15. The Labute approximate surface area is 196 Å². The SMILES string of the molecule is CC(C)CC(NC(=O)C(Cc1cnc[nH]1)NC(=O)C(Cc1cnc[nH]1)NC(=O)C(C)N)C(=O)O. The lowest BCUT2D eigenvalue weighted by atomic mass is 10.0. The van der Waals surface area contributed by atoms with E-state index in [2.05, 4.69) is 35.9 Å². The molecule has 4 unspecified atom stereocenters. The van der Waals surface area contributed by atoms with Gasteiger partial charge in [-0.3, -0.25) is 14.4 Å². The fourth-order valence-electron chi connectivity index (χ4n) is 3.19. The standard InChI is InChI=1S/C21H32N8O5/c1-11(2)4-17(21(33)34)29-20(32)16(6-14-8-24-10-26-14)28-19(31)15(27-18(30)12(3)22)5-13-7-23-9-25-13/h7-12,15-17H,4-6,22H2,1-3H3,(H,23,25)(H,24,26)(H,27,30)(H,28,31)(H,29,32)(H,33,34). The fourth-order valence-corrected chi connectivity index (χ4v) is 3.19. The van der Waals surface area contributed by atoms with Crippen LogP contribution in [-0.2, 0) is 32.0 Å². The van der Waals surface area contributed by atoms with E-state index in [1.165, 1.54) is 32.0 Å². The molecule has 2 rings (SSSR count). The van der Waals surface area contributed by atoms with Crippen LogP contribution in [0.4, 0.5) is 0 Å². The number of carbonyl (C=O) groups excluding carboxylic acids is 3. The van der Waals surface area contributed by atoms with Gasteiger partial charge in [-0.25, -0.2) is 14.8 Å². The predicted octanol–water partition coefficient (Wildman–Crippen LogP) is -1.15. The van der Waals surface area contributed by atoms with Crippen molar-refractivity contribution in [1.82, 2.24) is 35.9 Å². The number of rotatable bonds is 13. The van der Waals surface area contributed by atoms with E-state index in [0.29, 0.717) is 11.4 Å². The normalized spacial score (nSPS) is 14.6. The molecule has 2 heterocycles. The van der Waals surface area contributed by atoms with Crippen LogP contribution < -0.4 is 21.7 Å². The maximum Gasteiger partial charge on any atom is 0.326 e. The van der Waals surface area contributed by atoms with Crippen LogP contribution in [0.15, 0.2) is 25.0 Å². The third-order valence-electron chi connectivity index (χ3n) is 4.96. The van der Waals surface area contributed by atoms with Gasteiger partial charge in [0.1, 0.15) is 18.1 Å². The Balaban J connectivity index is 2.22. The molecule has 8 N–H and O–H groups in total. The van der Waals surface area contributed by atoms with Crippen LogP contribution in [0.5, 0.6) is 0 Å². The van der Waals surface area contributed by atoms with Gasteiger partial charge in [-0.15, -0.1) is 0 Å². The minimum absolute atomic E-state index is 0.0225. The Morgan fingerprint density at radius 1 is 0.853 bits per heavy atom. The van der Waals surface area contributed by atoms with Crippen molar-refractivity contribution in [2.75, 3.05) is 0 Å². The summed E-state index contributed by atoms with van der Waals surface area (Å²) < 4.78 is 0. The number of carboxylic acid groups (broad SMARTS) is 1. The number of imidazole rings is 2. The summed E-state index contributed by atoms with van der Waals surface area (Å²) in [4.78, 5) is 63.5. The summed E-state index contributed by atoms with van der Waals surface area (Å²) in [5, 5.41) is 17.2. The summed E-state index contributed by atoms with van der Waals surface area (Å²) in [6.45, 7) is 5.16. The number of H-pyrrole nitrogens is 2. The molecule has 2 aromatic rings. The molecule has 186 valence electrons. The number of hydrogen-bond acceptors (Lipinski definition) is 7. The Morgan fingerprint density at radius 2 is 1.29 bits per heavy atom. The molecule has 0 aliphatic heterocycles. The smallest absolute Gasteiger partial charge is 0.326 e. The van der Waals surface area contributed by atoms with Gasteiger partial charge in [0.05, 0.1) is 18.7 Å². The highest BCUT2D eigenvalue weighted by molar-refractivity contribution is 5.94. The molecule has 0 saturated carbocycles. The highest BCUT2D eigenvalue weighted by atomic mass is 16.4. The molecule has 0 aliphatic rings. The Morgan fingerprint density at radius 3 is 1.65 bits per heavy atom. The Bertz CT molecular complexity index is 943. The van der Waals surface area contributed by atoms with E-state index in [4.69, 9.17) is 5.73 Å². The van der Waals surface area contributed by atoms with Crippen LogP contribution in [0.25, 0.3) is 0 Å². The van der Waals surface area contributed by atoms with Gasteiger partial charge in [0, 0.05) is 36.6 Å². The predicted molar refractivity (Wildman–Crippen MR) is 121 cm³/mol. The van der Waals surface area contributed by atoms with E-state index in [0.717, 1.165) is 0 Å². The van der Waals surface area contributed by atoms with Gasteiger partial charge in [-0.1, -0.05) is 13.8 Å². The number of hydrogen-bond donors (Lipinski definition) is 7. The fraction of sp³-hybridized carbons (Fsp3) is 0.524. The number of nitrogens with one attached hydrogen (secondary N) is 5. The summed E-state index contributed by atoms with van der Waals surface area (Å²) >= 11 is 0. The van der Waals surface area contributed by atoms with Crippen LogP contribution in [0.2, 0.25) is 0 Å². The molecule has 2 aromatic heterocycles. The first kappa shape index (κ1) is 26.5. The highest BCUT2D eigenvalue weighted by Crippen LogP contribution is 2.08. The van der Waals surface area contributed by atoms with E-state index in [1.54, 1.807) is 0 Å². The van der Waals surface area contributed by atoms with Gasteiger partial charge >= 0.3 is 5.97 Å². The zero-order valence-corrected chi connectivity index (χ0v) is 19.4. The van der Waals surface area contributed by atoms with Gasteiger partial charge in [0.2, 0.25) is 17.7 Å². The van der Waals surface area contributed by atoms with E-state index in [1.807, 2.05) is 13.8 Å². The number of carbonyl (C=O) groups is 4. The van der Waals surface area contributed by atoms with Gasteiger partial charge < -0.3 is 36.8 Å². The molecule has 0 spiro atoms. The Kier molecular flexibility index (Phi) is 9.74. The maximum absolute atomic E-state index is 13.1. The van der Waals surface area contributed by atoms with Gasteiger partial charge in [0.25, 0.3) is 0 Å². The van der Waals surface area contributed by atoms with Crippen molar-refractivity contribution in [3.8, 4) is 0 Å². The number of nitrogens with two attached hydrogens (primary N) is 1. The maximum atomic E-state index is 13.1. The summed E-state index contributed by atoms with van der Waals surface area (Å²) in [5.74, 6) is -3.00. The number of nitrogens with zero attached hydrogens (tertiary/aromatic N) is 2. The van der Waals surface area contributed by atoms with Crippen LogP contribution in [0.3, 0.4) is 0 Å². The number of amides is 3. The van der Waals surface area contributed by atoms with Crippen LogP contribution >= 0.6 is 0 Å². The molecule has 4 atom stereocenters. The average molecular weight is 477 g/mol. The van der Waals surface area contributed by atoms with Crippen molar-refractivity contribution in [2.24, 2.45) is 11.7 Å². The monoisotopic (exact) mass is 476 g/mol. The highest BCUT2D eigenvalue weighted by Gasteiger charge is 2.31. The second kappa shape index (κ2) is 12.5. The van der Waals surface area contributed by atoms with Crippen molar-refractivity contribution in [1.29, 1.82) is 0 Å². The number of carboxylic acids is 1. The lowest BCUT2D eigenvalue weighted by Crippen LogP contribution is -2.58. The molecule has 0 aliphatic carbocycles. The molecule has 13 heteroatoms. The average Bonchev–Trinajstić information content (AvgIpc) is 3.45. The molecule has 0 aromatic carbocycles. The van der Waals surface area contributed by atoms with Crippen molar-refractivity contribution < 1.29 is 24.3 Å². The van der Waals surface area contributed by atoms with Gasteiger partial charge in [-0.05, 0) is 19.3 Å². The van der Waals surface area contributed by atoms with Gasteiger partial charge in [-0.2, -0.15) is 0 Å². The molecule has 0 bridgehead atoms. The van der Waals surface area contributed by atoms with E-state index in [-0.39, 0.29) is 25.2 Å². The van der Waals surface area contributed by atoms with E-state index < -0.39 is 47.9 Å². The largest absolute Gasteiger partial charge is 0.480 e.